The first-order chi connectivity index (χ1) is 16.9. The monoisotopic (exact) mass is 520 g/mol. The molecule has 36 heavy (non-hydrogen) atoms. The fraction of sp³-hybridized carbons (Fsp3) is 0.962. The number of hydrogen-bond acceptors (Lipinski definition) is 8. The zero-order chi connectivity index (χ0) is 26.2. The van der Waals surface area contributed by atoms with Gasteiger partial charge in [-0.3, -0.25) is 0 Å². The maximum absolute atomic E-state index is 13.6. The first-order valence-electron chi connectivity index (χ1n) is 13.3. The van der Waals surface area contributed by atoms with E-state index >= 15 is 0 Å². The molecule has 0 N–H and O–H groups in total. The number of esters is 1. The molecule has 4 bridgehead atoms. The second kappa shape index (κ2) is 10.7. The summed E-state index contributed by atoms with van der Waals surface area (Å²) in [5.41, 5.74) is -1.41. The van der Waals surface area contributed by atoms with Crippen LogP contribution in [0, 0.1) is 23.2 Å². The molecule has 1 aliphatic heterocycles. The molecule has 10 heteroatoms. The predicted molar refractivity (Wildman–Crippen MR) is 124 cm³/mol. The Labute approximate surface area is 212 Å². The van der Waals surface area contributed by atoms with Gasteiger partial charge in [-0.15, -0.1) is 0 Å². The Morgan fingerprint density at radius 1 is 0.917 bits per heavy atom. The zero-order valence-electron chi connectivity index (χ0n) is 22.2. The largest absolute Gasteiger partial charge is 0.455 e. The van der Waals surface area contributed by atoms with Crippen molar-refractivity contribution in [3.8, 4) is 0 Å². The van der Waals surface area contributed by atoms with Gasteiger partial charge in [-0.2, -0.15) is 8.78 Å². The quantitative estimate of drug-likeness (QED) is 0.279. The van der Waals surface area contributed by atoms with Gasteiger partial charge in [0.2, 0.25) is 0 Å². The molecule has 0 aromatic heterocycles. The summed E-state index contributed by atoms with van der Waals surface area (Å²) in [4.78, 5) is 12.1. The number of alkyl halides is 2. The first kappa shape index (κ1) is 28.1. The minimum absolute atomic E-state index is 0.0217. The van der Waals surface area contributed by atoms with Crippen molar-refractivity contribution in [2.75, 3.05) is 39.6 Å². The van der Waals surface area contributed by atoms with E-state index < -0.39 is 28.7 Å². The number of ether oxygens (including phenoxy) is 7. The molecule has 4 atom stereocenters. The fourth-order valence-electron chi connectivity index (χ4n) is 6.71. The highest BCUT2D eigenvalue weighted by molar-refractivity contribution is 5.77. The third-order valence-corrected chi connectivity index (χ3v) is 8.20. The summed E-state index contributed by atoms with van der Waals surface area (Å²) in [7, 11) is 0. The molecule has 8 nitrogen and oxygen atoms in total. The van der Waals surface area contributed by atoms with Crippen molar-refractivity contribution < 1.29 is 46.7 Å². The average Bonchev–Trinajstić information content (AvgIpc) is 2.80. The van der Waals surface area contributed by atoms with Crippen molar-refractivity contribution in [3.05, 3.63) is 0 Å². The molecule has 4 unspecified atom stereocenters. The lowest BCUT2D eigenvalue weighted by molar-refractivity contribution is -0.401. The molecule has 4 aliphatic carbocycles. The third kappa shape index (κ3) is 5.73. The molecule has 0 aromatic rings. The van der Waals surface area contributed by atoms with Crippen LogP contribution in [0.25, 0.3) is 0 Å². The maximum atomic E-state index is 13.6. The molecular formula is C26H42F2O8. The molecule has 4 saturated carbocycles. The first-order valence-corrected chi connectivity index (χ1v) is 13.3. The zero-order valence-corrected chi connectivity index (χ0v) is 22.2. The van der Waals surface area contributed by atoms with Gasteiger partial charge in [0.25, 0.3) is 0 Å². The molecule has 5 fully saturated rings. The summed E-state index contributed by atoms with van der Waals surface area (Å²) in [6.07, 6.45) is 2.59. The summed E-state index contributed by atoms with van der Waals surface area (Å²) in [5.74, 6) is -5.48. The molecule has 1 saturated heterocycles. The van der Waals surface area contributed by atoms with Crippen LogP contribution in [-0.2, 0) is 38.0 Å². The Balaban J connectivity index is 1.45. The van der Waals surface area contributed by atoms with Gasteiger partial charge in [0, 0.05) is 32.0 Å². The van der Waals surface area contributed by atoms with E-state index in [1.54, 1.807) is 0 Å². The molecule has 0 amide bonds. The number of rotatable bonds is 12. The SMILES string of the molecule is CCOC(C)OCC1(COC(C)OCC)COC2(OC1)C1CC3CC2CC(OC(=O)C(C)(F)F)(C3)C1. The van der Waals surface area contributed by atoms with E-state index in [4.69, 9.17) is 33.2 Å². The number of carbonyl (C=O) groups is 1. The summed E-state index contributed by atoms with van der Waals surface area (Å²) in [6, 6.07) is 0. The van der Waals surface area contributed by atoms with Crippen LogP contribution >= 0.6 is 0 Å². The Bertz CT molecular complexity index is 728. The molecule has 5 rings (SSSR count). The lowest BCUT2D eigenvalue weighted by Gasteiger charge is -2.65. The van der Waals surface area contributed by atoms with Gasteiger partial charge < -0.3 is 33.2 Å². The minimum Gasteiger partial charge on any atom is -0.455 e. The van der Waals surface area contributed by atoms with Crippen LogP contribution in [0.5, 0.6) is 0 Å². The summed E-state index contributed by atoms with van der Waals surface area (Å²) in [6.45, 7) is 10.6. The van der Waals surface area contributed by atoms with E-state index in [9.17, 15) is 13.6 Å². The van der Waals surface area contributed by atoms with E-state index in [-0.39, 0.29) is 24.4 Å². The van der Waals surface area contributed by atoms with Crippen LogP contribution in [0.3, 0.4) is 0 Å². The highest BCUT2D eigenvalue weighted by Gasteiger charge is 2.67. The minimum atomic E-state index is -3.50. The summed E-state index contributed by atoms with van der Waals surface area (Å²) >= 11 is 0. The predicted octanol–water partition coefficient (Wildman–Crippen LogP) is 4.29. The third-order valence-electron chi connectivity index (χ3n) is 8.20. The van der Waals surface area contributed by atoms with Crippen molar-refractivity contribution in [2.45, 2.75) is 96.6 Å². The van der Waals surface area contributed by atoms with Crippen LogP contribution in [0.4, 0.5) is 8.78 Å². The van der Waals surface area contributed by atoms with E-state index in [0.29, 0.717) is 71.7 Å². The Hall–Kier alpha value is -0.910. The van der Waals surface area contributed by atoms with Crippen LogP contribution in [0.1, 0.15) is 66.7 Å². The van der Waals surface area contributed by atoms with Gasteiger partial charge in [-0.05, 0) is 65.7 Å². The fourth-order valence-corrected chi connectivity index (χ4v) is 6.71. The van der Waals surface area contributed by atoms with Crippen LogP contribution in [-0.4, -0.2) is 75.5 Å². The van der Waals surface area contributed by atoms with Crippen molar-refractivity contribution in [3.63, 3.8) is 0 Å². The summed E-state index contributed by atoms with van der Waals surface area (Å²) < 4.78 is 69.0. The average molecular weight is 521 g/mol. The van der Waals surface area contributed by atoms with Gasteiger partial charge in [-0.1, -0.05) is 0 Å². The van der Waals surface area contributed by atoms with Crippen molar-refractivity contribution in [1.29, 1.82) is 0 Å². The van der Waals surface area contributed by atoms with Crippen molar-refractivity contribution in [1.82, 2.24) is 0 Å². The smallest absolute Gasteiger partial charge is 0.377 e. The van der Waals surface area contributed by atoms with E-state index in [1.165, 1.54) is 0 Å². The van der Waals surface area contributed by atoms with Crippen LogP contribution in [0.2, 0.25) is 0 Å². The number of carbonyl (C=O) groups excluding carboxylic acids is 1. The van der Waals surface area contributed by atoms with Crippen LogP contribution in [0.15, 0.2) is 0 Å². The van der Waals surface area contributed by atoms with E-state index in [2.05, 4.69) is 0 Å². The Morgan fingerprint density at radius 2 is 1.42 bits per heavy atom. The molecule has 0 aromatic carbocycles. The lowest BCUT2D eigenvalue weighted by Crippen LogP contribution is -2.69. The van der Waals surface area contributed by atoms with Gasteiger partial charge in [0.15, 0.2) is 18.4 Å². The van der Waals surface area contributed by atoms with E-state index in [1.807, 2.05) is 27.7 Å². The highest BCUT2D eigenvalue weighted by atomic mass is 19.3. The molecule has 5 aliphatic rings. The van der Waals surface area contributed by atoms with Gasteiger partial charge in [-0.25, -0.2) is 4.79 Å². The van der Waals surface area contributed by atoms with Crippen molar-refractivity contribution in [2.24, 2.45) is 23.2 Å². The maximum Gasteiger partial charge on any atom is 0.377 e. The van der Waals surface area contributed by atoms with Gasteiger partial charge in [0.1, 0.15) is 5.60 Å². The second-order valence-corrected chi connectivity index (χ2v) is 11.3. The van der Waals surface area contributed by atoms with E-state index in [0.717, 1.165) is 12.8 Å². The molecular weight excluding hydrogens is 478 g/mol. The lowest BCUT2D eigenvalue weighted by atomic mass is 9.51. The second-order valence-electron chi connectivity index (χ2n) is 11.3. The van der Waals surface area contributed by atoms with Crippen molar-refractivity contribution >= 4 is 5.97 Å². The molecule has 208 valence electrons. The van der Waals surface area contributed by atoms with Crippen LogP contribution < -0.4 is 0 Å². The van der Waals surface area contributed by atoms with Gasteiger partial charge in [0.05, 0.1) is 31.8 Å². The number of hydrogen-bond donors (Lipinski definition) is 0. The topological polar surface area (TPSA) is 81.7 Å². The molecule has 1 heterocycles. The molecule has 0 radical (unpaired) electrons. The van der Waals surface area contributed by atoms with Gasteiger partial charge >= 0.3 is 11.9 Å². The molecule has 1 spiro atoms. The standard InChI is InChI=1S/C26H42F2O8/c1-6-30-17(3)32-13-24(14-33-18(4)31-7-2)15-34-26(35-16-24)20-8-19-9-21(26)12-25(10-19,11-20)36-22(29)23(5,27)28/h17-21H,6-16H2,1-5H3. The highest BCUT2D eigenvalue weighted by Crippen LogP contribution is 2.64. The normalized spacial score (nSPS) is 39.4. The summed E-state index contributed by atoms with van der Waals surface area (Å²) in [5, 5.41) is 0. The Morgan fingerprint density at radius 3 is 1.86 bits per heavy atom. The number of halogens is 2. The Kier molecular flexibility index (Phi) is 8.35.